The number of aromatic nitrogens is 1. The zero-order valence-electron chi connectivity index (χ0n) is 10.6. The maximum Gasteiger partial charge on any atom is 0.214 e. The molecule has 0 saturated heterocycles. The van der Waals surface area contributed by atoms with Crippen LogP contribution in [-0.4, -0.2) is 16.7 Å². The number of anilines is 1. The van der Waals surface area contributed by atoms with Crippen molar-refractivity contribution in [2.75, 3.05) is 11.9 Å². The lowest BCUT2D eigenvalue weighted by Gasteiger charge is -2.19. The average molecular weight is 260 g/mol. The van der Waals surface area contributed by atoms with E-state index in [0.29, 0.717) is 12.2 Å². The number of aliphatic hydroxyl groups is 1. The van der Waals surface area contributed by atoms with Crippen molar-refractivity contribution in [3.05, 3.63) is 60.0 Å². The fourth-order valence-electron chi connectivity index (χ4n) is 1.97. The van der Waals surface area contributed by atoms with Crippen molar-refractivity contribution in [2.24, 2.45) is 0 Å². The molecule has 1 unspecified atom stereocenters. The summed E-state index contributed by atoms with van der Waals surface area (Å²) in [6, 6.07) is 14.6. The summed E-state index contributed by atoms with van der Waals surface area (Å²) in [5.74, 6) is 0.00534. The summed E-state index contributed by atoms with van der Waals surface area (Å²) < 4.78 is 13.1. The normalized spacial score (nSPS) is 12.1. The lowest BCUT2D eigenvalue weighted by Crippen LogP contribution is -2.12. The van der Waals surface area contributed by atoms with Gasteiger partial charge in [0.1, 0.15) is 5.82 Å². The molecule has 1 atom stereocenters. The van der Waals surface area contributed by atoms with E-state index in [4.69, 9.17) is 5.11 Å². The molecule has 0 radical (unpaired) electrons. The Kier molecular flexibility index (Phi) is 4.86. The van der Waals surface area contributed by atoms with Gasteiger partial charge in [0.05, 0.1) is 6.04 Å². The first-order valence-corrected chi connectivity index (χ1v) is 6.34. The molecular weight excluding hydrogens is 243 g/mol. The maximum atomic E-state index is 13.1. The number of nitrogens with one attached hydrogen (secondary N) is 1. The summed E-state index contributed by atoms with van der Waals surface area (Å²) in [6.07, 6.45) is 1.45. The van der Waals surface area contributed by atoms with Crippen molar-refractivity contribution in [1.82, 2.24) is 4.98 Å². The van der Waals surface area contributed by atoms with E-state index >= 15 is 0 Å². The zero-order valence-corrected chi connectivity index (χ0v) is 10.6. The van der Waals surface area contributed by atoms with Crippen LogP contribution >= 0.6 is 0 Å². The van der Waals surface area contributed by atoms with E-state index in [2.05, 4.69) is 10.3 Å². The van der Waals surface area contributed by atoms with Gasteiger partial charge in [-0.15, -0.1) is 0 Å². The fourth-order valence-corrected chi connectivity index (χ4v) is 1.97. The number of rotatable bonds is 6. The van der Waals surface area contributed by atoms with Gasteiger partial charge in [-0.1, -0.05) is 36.4 Å². The summed E-state index contributed by atoms with van der Waals surface area (Å²) in [4.78, 5) is 3.81. The molecule has 0 spiro atoms. The predicted molar refractivity (Wildman–Crippen MR) is 73.3 cm³/mol. The standard InChI is InChI=1S/C15H17FN2O/c16-14-9-4-10-15(18-14)17-13(8-5-11-19)12-6-2-1-3-7-12/h1-4,6-7,9-10,13,19H,5,8,11H2,(H,17,18). The molecule has 0 saturated carbocycles. The summed E-state index contributed by atoms with van der Waals surface area (Å²) in [6.45, 7) is 0.140. The van der Waals surface area contributed by atoms with Gasteiger partial charge in [-0.2, -0.15) is 4.39 Å². The van der Waals surface area contributed by atoms with Crippen LogP contribution in [0, 0.1) is 5.95 Å². The quantitative estimate of drug-likeness (QED) is 0.784. The highest BCUT2D eigenvalue weighted by molar-refractivity contribution is 5.38. The number of halogens is 1. The van der Waals surface area contributed by atoms with Crippen LogP contribution in [0.25, 0.3) is 0 Å². The Morgan fingerprint density at radius 1 is 1.11 bits per heavy atom. The molecule has 1 aromatic carbocycles. The molecule has 4 heteroatoms. The number of hydrogen-bond acceptors (Lipinski definition) is 3. The third-order valence-electron chi connectivity index (χ3n) is 2.89. The molecule has 3 nitrogen and oxygen atoms in total. The van der Waals surface area contributed by atoms with Crippen molar-refractivity contribution in [3.8, 4) is 0 Å². The first-order valence-electron chi connectivity index (χ1n) is 6.34. The topological polar surface area (TPSA) is 45.1 Å². The van der Waals surface area contributed by atoms with E-state index in [-0.39, 0.29) is 12.6 Å². The van der Waals surface area contributed by atoms with E-state index in [1.807, 2.05) is 30.3 Å². The molecule has 0 aliphatic rings. The largest absolute Gasteiger partial charge is 0.396 e. The number of nitrogens with zero attached hydrogens (tertiary/aromatic N) is 1. The van der Waals surface area contributed by atoms with Crippen molar-refractivity contribution in [3.63, 3.8) is 0 Å². The second-order valence-corrected chi connectivity index (χ2v) is 4.32. The Morgan fingerprint density at radius 3 is 2.58 bits per heavy atom. The smallest absolute Gasteiger partial charge is 0.214 e. The van der Waals surface area contributed by atoms with Gasteiger partial charge in [-0.05, 0) is 30.5 Å². The van der Waals surface area contributed by atoms with Gasteiger partial charge in [-0.25, -0.2) is 4.98 Å². The molecule has 100 valence electrons. The van der Waals surface area contributed by atoms with Gasteiger partial charge in [0.15, 0.2) is 0 Å². The zero-order chi connectivity index (χ0) is 13.5. The minimum absolute atomic E-state index is 0.0163. The second-order valence-electron chi connectivity index (χ2n) is 4.32. The molecule has 19 heavy (non-hydrogen) atoms. The molecule has 2 aromatic rings. The number of benzene rings is 1. The van der Waals surface area contributed by atoms with Crippen LogP contribution in [0.3, 0.4) is 0 Å². The van der Waals surface area contributed by atoms with Crippen molar-refractivity contribution < 1.29 is 9.50 Å². The van der Waals surface area contributed by atoms with Crippen LogP contribution in [-0.2, 0) is 0 Å². The fraction of sp³-hybridized carbons (Fsp3) is 0.267. The van der Waals surface area contributed by atoms with Crippen LogP contribution in [0.2, 0.25) is 0 Å². The van der Waals surface area contributed by atoms with Crippen molar-refractivity contribution in [1.29, 1.82) is 0 Å². The van der Waals surface area contributed by atoms with E-state index in [0.717, 1.165) is 12.0 Å². The highest BCUT2D eigenvalue weighted by Crippen LogP contribution is 2.22. The molecule has 2 rings (SSSR count). The molecule has 0 aliphatic carbocycles. The average Bonchev–Trinajstić information content (AvgIpc) is 2.44. The SMILES string of the molecule is OCCCC(Nc1cccc(F)n1)c1ccccc1. The minimum atomic E-state index is -0.501. The maximum absolute atomic E-state index is 13.1. The van der Waals surface area contributed by atoms with Crippen molar-refractivity contribution >= 4 is 5.82 Å². The summed E-state index contributed by atoms with van der Waals surface area (Å²) in [7, 11) is 0. The first-order chi connectivity index (χ1) is 9.29. The van der Waals surface area contributed by atoms with E-state index in [1.165, 1.54) is 6.07 Å². The highest BCUT2D eigenvalue weighted by Gasteiger charge is 2.11. The predicted octanol–water partition coefficient (Wildman–Crippen LogP) is 3.15. The van der Waals surface area contributed by atoms with Gasteiger partial charge in [0.2, 0.25) is 5.95 Å². The first kappa shape index (κ1) is 13.5. The van der Waals surface area contributed by atoms with Crippen LogP contribution in [0.5, 0.6) is 0 Å². The summed E-state index contributed by atoms with van der Waals surface area (Å²) in [5.41, 5.74) is 1.10. The van der Waals surface area contributed by atoms with E-state index < -0.39 is 5.95 Å². The molecule has 0 aliphatic heterocycles. The lowest BCUT2D eigenvalue weighted by atomic mass is 10.0. The van der Waals surface area contributed by atoms with Crippen LogP contribution in [0.1, 0.15) is 24.4 Å². The Hall–Kier alpha value is -1.94. The van der Waals surface area contributed by atoms with E-state index in [1.54, 1.807) is 12.1 Å². The minimum Gasteiger partial charge on any atom is -0.396 e. The van der Waals surface area contributed by atoms with Crippen molar-refractivity contribution in [2.45, 2.75) is 18.9 Å². The van der Waals surface area contributed by atoms with Gasteiger partial charge >= 0.3 is 0 Å². The van der Waals surface area contributed by atoms with E-state index in [9.17, 15) is 4.39 Å². The number of pyridine rings is 1. The summed E-state index contributed by atoms with van der Waals surface area (Å²) >= 11 is 0. The summed E-state index contributed by atoms with van der Waals surface area (Å²) in [5, 5.41) is 12.2. The third-order valence-corrected chi connectivity index (χ3v) is 2.89. The molecule has 2 N–H and O–H groups in total. The Labute approximate surface area is 112 Å². The third kappa shape index (κ3) is 4.03. The molecule has 0 fully saturated rings. The Balaban J connectivity index is 2.14. The molecule has 1 aromatic heterocycles. The lowest BCUT2D eigenvalue weighted by molar-refractivity contribution is 0.281. The van der Waals surface area contributed by atoms with Gasteiger partial charge in [0, 0.05) is 6.61 Å². The van der Waals surface area contributed by atoms with Crippen LogP contribution in [0.4, 0.5) is 10.2 Å². The van der Waals surface area contributed by atoms with Gasteiger partial charge < -0.3 is 10.4 Å². The highest BCUT2D eigenvalue weighted by atomic mass is 19.1. The number of hydrogen-bond donors (Lipinski definition) is 2. The Bertz CT molecular complexity index is 505. The van der Waals surface area contributed by atoms with Crippen LogP contribution in [0.15, 0.2) is 48.5 Å². The molecule has 1 heterocycles. The second kappa shape index (κ2) is 6.85. The van der Waals surface area contributed by atoms with Crippen LogP contribution < -0.4 is 5.32 Å². The molecule has 0 amide bonds. The molecule has 0 bridgehead atoms. The van der Waals surface area contributed by atoms with Gasteiger partial charge in [-0.3, -0.25) is 0 Å². The molecular formula is C15H17FN2O. The monoisotopic (exact) mass is 260 g/mol. The number of aliphatic hydroxyl groups excluding tert-OH is 1. The van der Waals surface area contributed by atoms with Gasteiger partial charge in [0.25, 0.3) is 0 Å². The Morgan fingerprint density at radius 2 is 1.89 bits per heavy atom.